The Balaban J connectivity index is 0.000000172. The lowest BCUT2D eigenvalue weighted by molar-refractivity contribution is -0.147. The van der Waals surface area contributed by atoms with E-state index in [9.17, 15) is 4.79 Å². The average molecular weight is 301 g/mol. The van der Waals surface area contributed by atoms with Crippen LogP contribution in [0.5, 0.6) is 11.5 Å². The van der Waals surface area contributed by atoms with Crippen molar-refractivity contribution >= 4 is 5.97 Å². The highest BCUT2D eigenvalue weighted by Gasteiger charge is 2.26. The Bertz CT molecular complexity index is 613. The summed E-state index contributed by atoms with van der Waals surface area (Å²) in [6.07, 6.45) is -0.894. The molecule has 2 atom stereocenters. The van der Waals surface area contributed by atoms with Gasteiger partial charge < -0.3 is 20.3 Å². The van der Waals surface area contributed by atoms with E-state index >= 15 is 0 Å². The van der Waals surface area contributed by atoms with Gasteiger partial charge in [0.25, 0.3) is 0 Å². The number of ether oxygens (including phenoxy) is 2. The van der Waals surface area contributed by atoms with Crippen molar-refractivity contribution in [2.75, 3.05) is 6.61 Å². The van der Waals surface area contributed by atoms with Crippen LogP contribution in [0.25, 0.3) is 0 Å². The maximum atomic E-state index is 10.6. The van der Waals surface area contributed by atoms with E-state index in [1.807, 2.05) is 43.3 Å². The summed E-state index contributed by atoms with van der Waals surface area (Å²) in [5, 5.41) is 8.66. The highest BCUT2D eigenvalue weighted by molar-refractivity contribution is 5.73. The minimum absolute atomic E-state index is 0.0619. The van der Waals surface area contributed by atoms with Crippen molar-refractivity contribution in [2.45, 2.75) is 19.1 Å². The molecule has 0 aromatic heterocycles. The van der Waals surface area contributed by atoms with Gasteiger partial charge in [-0.15, -0.1) is 0 Å². The van der Waals surface area contributed by atoms with E-state index in [0.717, 1.165) is 0 Å². The molecule has 2 aromatic rings. The molecule has 1 aliphatic rings. The van der Waals surface area contributed by atoms with Crippen molar-refractivity contribution in [3.63, 3.8) is 0 Å². The predicted molar refractivity (Wildman–Crippen MR) is 83.0 cm³/mol. The molecule has 0 aliphatic carbocycles. The van der Waals surface area contributed by atoms with Crippen LogP contribution in [0.2, 0.25) is 0 Å². The lowest BCUT2D eigenvalue weighted by Crippen LogP contribution is -2.36. The van der Waals surface area contributed by atoms with Crippen molar-refractivity contribution in [2.24, 2.45) is 5.73 Å². The third-order valence-electron chi connectivity index (χ3n) is 3.11. The minimum atomic E-state index is -1.01. The number of nitrogens with two attached hydrogens (primary N) is 1. The predicted octanol–water partition coefficient (Wildman–Crippen LogP) is 2.62. The number of para-hydroxylation sites is 2. The van der Waals surface area contributed by atoms with E-state index in [1.54, 1.807) is 18.2 Å². The van der Waals surface area contributed by atoms with Crippen molar-refractivity contribution in [1.29, 1.82) is 0 Å². The summed E-state index contributed by atoms with van der Waals surface area (Å²) in [7, 11) is 0. The minimum Gasteiger partial charge on any atom is -0.485 e. The Labute approximate surface area is 129 Å². The molecule has 0 saturated heterocycles. The van der Waals surface area contributed by atoms with Crippen LogP contribution in [0.3, 0.4) is 0 Å². The first-order chi connectivity index (χ1) is 10.6. The molecule has 2 aromatic carbocycles. The van der Waals surface area contributed by atoms with Crippen molar-refractivity contribution < 1.29 is 19.4 Å². The van der Waals surface area contributed by atoms with Crippen molar-refractivity contribution in [1.82, 2.24) is 0 Å². The number of carboxylic acid groups (broad SMARTS) is 1. The number of carboxylic acids is 1. The number of rotatable bonds is 2. The highest BCUT2D eigenvalue weighted by Crippen LogP contribution is 2.30. The van der Waals surface area contributed by atoms with Gasteiger partial charge in [0.2, 0.25) is 6.10 Å². The zero-order chi connectivity index (χ0) is 15.9. The smallest absolute Gasteiger partial charge is 0.348 e. The molecule has 1 heterocycles. The first-order valence-electron chi connectivity index (χ1n) is 6.99. The lowest BCUT2D eigenvalue weighted by atomic mass is 10.1. The third kappa shape index (κ3) is 4.23. The summed E-state index contributed by atoms with van der Waals surface area (Å²) in [5.41, 5.74) is 6.81. The van der Waals surface area contributed by atoms with Gasteiger partial charge in [-0.1, -0.05) is 42.5 Å². The van der Waals surface area contributed by atoms with Gasteiger partial charge in [-0.05, 0) is 24.6 Å². The molecule has 0 amide bonds. The lowest BCUT2D eigenvalue weighted by Gasteiger charge is -2.23. The molecule has 0 spiro atoms. The molecule has 5 heteroatoms. The van der Waals surface area contributed by atoms with Crippen molar-refractivity contribution in [3.05, 3.63) is 60.2 Å². The van der Waals surface area contributed by atoms with E-state index in [1.165, 1.54) is 5.56 Å². The van der Waals surface area contributed by atoms with Gasteiger partial charge in [-0.2, -0.15) is 0 Å². The molecular weight excluding hydrogens is 282 g/mol. The van der Waals surface area contributed by atoms with Crippen LogP contribution in [0.4, 0.5) is 0 Å². The molecule has 3 rings (SSSR count). The second-order valence-electron chi connectivity index (χ2n) is 4.90. The zero-order valence-electron chi connectivity index (χ0n) is 12.3. The van der Waals surface area contributed by atoms with Gasteiger partial charge in [-0.3, -0.25) is 0 Å². The van der Waals surface area contributed by atoms with Crippen LogP contribution in [0, 0.1) is 0 Å². The molecule has 0 fully saturated rings. The number of aliphatic carboxylic acids is 1. The summed E-state index contributed by atoms with van der Waals surface area (Å²) in [4.78, 5) is 10.6. The highest BCUT2D eigenvalue weighted by atomic mass is 16.6. The Morgan fingerprint density at radius 1 is 1.14 bits per heavy atom. The number of hydrogen-bond donors (Lipinski definition) is 2. The maximum absolute atomic E-state index is 10.6. The Morgan fingerprint density at radius 3 is 2.27 bits per heavy atom. The number of fused-ring (bicyclic) bond motifs is 1. The van der Waals surface area contributed by atoms with Crippen LogP contribution in [0.1, 0.15) is 18.5 Å². The van der Waals surface area contributed by atoms with Crippen LogP contribution in [-0.2, 0) is 4.79 Å². The summed E-state index contributed by atoms with van der Waals surface area (Å²) in [5.74, 6) is 0.0793. The van der Waals surface area contributed by atoms with Gasteiger partial charge >= 0.3 is 5.97 Å². The first-order valence-corrected chi connectivity index (χ1v) is 6.99. The molecule has 3 N–H and O–H groups in total. The molecule has 0 bridgehead atoms. The third-order valence-corrected chi connectivity index (χ3v) is 3.11. The van der Waals surface area contributed by atoms with Crippen molar-refractivity contribution in [3.8, 4) is 11.5 Å². The van der Waals surface area contributed by atoms with Gasteiger partial charge in [0, 0.05) is 6.04 Å². The normalized spacial score (nSPS) is 16.9. The molecule has 1 aliphatic heterocycles. The SMILES string of the molecule is C[C@H](N)c1ccccc1.O=C(O)[C@@H]1COc2ccccc2O1. The maximum Gasteiger partial charge on any atom is 0.348 e. The average Bonchev–Trinajstić information content (AvgIpc) is 2.55. The molecule has 116 valence electrons. The fraction of sp³-hybridized carbons (Fsp3) is 0.235. The Morgan fingerprint density at radius 2 is 1.73 bits per heavy atom. The fourth-order valence-electron chi connectivity index (χ4n) is 1.90. The van der Waals surface area contributed by atoms with E-state index < -0.39 is 12.1 Å². The van der Waals surface area contributed by atoms with E-state index in [4.69, 9.17) is 20.3 Å². The van der Waals surface area contributed by atoms with Gasteiger partial charge in [-0.25, -0.2) is 4.79 Å². The molecular formula is C17H19NO4. The quantitative estimate of drug-likeness (QED) is 0.891. The molecule has 5 nitrogen and oxygen atoms in total. The summed E-state index contributed by atoms with van der Waals surface area (Å²) in [6.45, 7) is 2.04. The second-order valence-corrected chi connectivity index (χ2v) is 4.90. The van der Waals surface area contributed by atoms with Gasteiger partial charge in [0.05, 0.1) is 0 Å². The molecule has 0 saturated carbocycles. The van der Waals surface area contributed by atoms with Crippen LogP contribution < -0.4 is 15.2 Å². The second kappa shape index (κ2) is 7.47. The van der Waals surface area contributed by atoms with Crippen LogP contribution >= 0.6 is 0 Å². The van der Waals surface area contributed by atoms with Gasteiger partial charge in [0.1, 0.15) is 6.61 Å². The largest absolute Gasteiger partial charge is 0.485 e. The summed E-state index contributed by atoms with van der Waals surface area (Å²) >= 11 is 0. The van der Waals surface area contributed by atoms with Crippen LogP contribution in [-0.4, -0.2) is 23.8 Å². The van der Waals surface area contributed by atoms with Gasteiger partial charge in [0.15, 0.2) is 11.5 Å². The molecule has 22 heavy (non-hydrogen) atoms. The number of benzene rings is 2. The monoisotopic (exact) mass is 301 g/mol. The Hall–Kier alpha value is -2.53. The van der Waals surface area contributed by atoms with E-state index in [2.05, 4.69) is 0 Å². The fourth-order valence-corrected chi connectivity index (χ4v) is 1.90. The first kappa shape index (κ1) is 15.9. The summed E-state index contributed by atoms with van der Waals surface area (Å²) < 4.78 is 10.4. The summed E-state index contributed by atoms with van der Waals surface area (Å²) in [6, 6.07) is 17.2. The standard InChI is InChI=1S/C9H8O4.C8H11N/c10-9(11)8-5-12-6-3-1-2-4-7(6)13-8;1-7(9)8-5-3-2-4-6-8/h1-4,8H,5H2,(H,10,11);2-7H,9H2,1H3/t8-;7-/m00/s1. The molecule has 0 radical (unpaired) electrons. The molecule has 0 unspecified atom stereocenters. The van der Waals surface area contributed by atoms with E-state index in [0.29, 0.717) is 11.5 Å². The number of carbonyl (C=O) groups is 1. The Kier molecular flexibility index (Phi) is 5.38. The van der Waals surface area contributed by atoms with E-state index in [-0.39, 0.29) is 12.6 Å². The topological polar surface area (TPSA) is 81.8 Å². The van der Waals surface area contributed by atoms with Crippen LogP contribution in [0.15, 0.2) is 54.6 Å². The number of hydrogen-bond acceptors (Lipinski definition) is 4. The zero-order valence-corrected chi connectivity index (χ0v) is 12.3.